The Morgan fingerprint density at radius 3 is 2.22 bits per heavy atom. The molecule has 0 fully saturated rings. The predicted octanol–water partition coefficient (Wildman–Crippen LogP) is 5.16. The molecule has 114 valence electrons. The Bertz CT molecular complexity index is 879. The van der Waals surface area contributed by atoms with Crippen LogP contribution in [-0.2, 0) is 0 Å². The van der Waals surface area contributed by atoms with Crippen LogP contribution in [0.3, 0.4) is 0 Å². The van der Waals surface area contributed by atoms with E-state index in [9.17, 15) is 10.1 Å². The summed E-state index contributed by atoms with van der Waals surface area (Å²) < 4.78 is 0. The topological polar surface area (TPSA) is 69.2 Å². The molecule has 0 atom stereocenters. The molecule has 3 aromatic rings. The van der Waals surface area contributed by atoms with Crippen LogP contribution in [0.4, 0.5) is 11.4 Å². The third-order valence-corrected chi connectivity index (χ3v) is 3.94. The van der Waals surface area contributed by atoms with Crippen LogP contribution >= 0.6 is 11.6 Å². The van der Waals surface area contributed by atoms with E-state index in [1.54, 1.807) is 30.3 Å². The number of nitro benzene ring substituents is 1. The van der Waals surface area contributed by atoms with Gasteiger partial charge in [-0.1, -0.05) is 54.1 Å². The number of nitrogen functional groups attached to an aromatic ring is 1. The van der Waals surface area contributed by atoms with Gasteiger partial charge in [0.15, 0.2) is 0 Å². The average molecular weight is 325 g/mol. The van der Waals surface area contributed by atoms with Crippen molar-refractivity contribution in [3.05, 3.63) is 81.9 Å². The lowest BCUT2D eigenvalue weighted by Crippen LogP contribution is -1.95. The summed E-state index contributed by atoms with van der Waals surface area (Å²) in [4.78, 5) is 10.9. The van der Waals surface area contributed by atoms with Gasteiger partial charge in [0.25, 0.3) is 5.69 Å². The lowest BCUT2D eigenvalue weighted by Gasteiger charge is -2.13. The van der Waals surface area contributed by atoms with Crippen molar-refractivity contribution in [1.82, 2.24) is 0 Å². The van der Waals surface area contributed by atoms with Crippen molar-refractivity contribution in [1.29, 1.82) is 0 Å². The van der Waals surface area contributed by atoms with Gasteiger partial charge in [0.05, 0.1) is 21.2 Å². The molecular weight excluding hydrogens is 312 g/mol. The summed E-state index contributed by atoms with van der Waals surface area (Å²) in [6.07, 6.45) is 0. The van der Waals surface area contributed by atoms with E-state index in [4.69, 9.17) is 17.3 Å². The van der Waals surface area contributed by atoms with Gasteiger partial charge in [0.1, 0.15) is 0 Å². The third-order valence-electron chi connectivity index (χ3n) is 3.61. The minimum absolute atomic E-state index is 0.0337. The lowest BCUT2D eigenvalue weighted by atomic mass is 9.93. The van der Waals surface area contributed by atoms with Gasteiger partial charge >= 0.3 is 0 Å². The SMILES string of the molecule is Nc1cc(-c2ccccc2[N+](=O)[O-])c(-c2ccccc2)cc1Cl. The van der Waals surface area contributed by atoms with Gasteiger partial charge in [-0.3, -0.25) is 10.1 Å². The van der Waals surface area contributed by atoms with E-state index in [1.807, 2.05) is 30.3 Å². The molecule has 23 heavy (non-hydrogen) atoms. The Kier molecular flexibility index (Phi) is 4.00. The highest BCUT2D eigenvalue weighted by Gasteiger charge is 2.19. The third kappa shape index (κ3) is 2.89. The van der Waals surface area contributed by atoms with E-state index in [0.717, 1.165) is 11.1 Å². The molecule has 4 nitrogen and oxygen atoms in total. The maximum Gasteiger partial charge on any atom is 0.277 e. The molecule has 0 saturated heterocycles. The van der Waals surface area contributed by atoms with Crippen molar-refractivity contribution in [2.45, 2.75) is 0 Å². The zero-order valence-corrected chi connectivity index (χ0v) is 12.8. The lowest BCUT2D eigenvalue weighted by molar-refractivity contribution is -0.384. The van der Waals surface area contributed by atoms with E-state index in [0.29, 0.717) is 21.8 Å². The molecule has 2 N–H and O–H groups in total. The van der Waals surface area contributed by atoms with E-state index < -0.39 is 4.92 Å². The zero-order chi connectivity index (χ0) is 16.4. The van der Waals surface area contributed by atoms with Gasteiger partial charge in [-0.2, -0.15) is 0 Å². The summed E-state index contributed by atoms with van der Waals surface area (Å²) in [5.74, 6) is 0. The number of hydrogen-bond donors (Lipinski definition) is 1. The second kappa shape index (κ2) is 6.10. The fourth-order valence-corrected chi connectivity index (χ4v) is 2.69. The number of para-hydroxylation sites is 1. The largest absolute Gasteiger partial charge is 0.398 e. The zero-order valence-electron chi connectivity index (χ0n) is 12.1. The highest BCUT2D eigenvalue weighted by molar-refractivity contribution is 6.33. The van der Waals surface area contributed by atoms with Gasteiger partial charge in [-0.05, 0) is 34.9 Å². The highest BCUT2D eigenvalue weighted by atomic mass is 35.5. The molecule has 3 rings (SSSR count). The van der Waals surface area contributed by atoms with E-state index in [2.05, 4.69) is 0 Å². The van der Waals surface area contributed by atoms with E-state index in [1.165, 1.54) is 6.07 Å². The van der Waals surface area contributed by atoms with Crippen LogP contribution < -0.4 is 5.73 Å². The summed E-state index contributed by atoms with van der Waals surface area (Å²) in [5, 5.41) is 11.8. The monoisotopic (exact) mass is 324 g/mol. The molecule has 0 bridgehead atoms. The van der Waals surface area contributed by atoms with Crippen molar-refractivity contribution >= 4 is 23.0 Å². The van der Waals surface area contributed by atoms with Crippen LogP contribution in [-0.4, -0.2) is 4.92 Å². The first kappa shape index (κ1) is 15.1. The number of rotatable bonds is 3. The van der Waals surface area contributed by atoms with Crippen LogP contribution in [0.2, 0.25) is 5.02 Å². The maximum atomic E-state index is 11.3. The average Bonchev–Trinajstić information content (AvgIpc) is 2.57. The fourth-order valence-electron chi connectivity index (χ4n) is 2.53. The van der Waals surface area contributed by atoms with Crippen molar-refractivity contribution < 1.29 is 4.92 Å². The van der Waals surface area contributed by atoms with Gasteiger partial charge in [-0.25, -0.2) is 0 Å². The Hall–Kier alpha value is -2.85. The van der Waals surface area contributed by atoms with E-state index >= 15 is 0 Å². The number of nitrogens with two attached hydrogens (primary N) is 1. The Morgan fingerprint density at radius 1 is 0.870 bits per heavy atom. The summed E-state index contributed by atoms with van der Waals surface area (Å²) >= 11 is 6.17. The van der Waals surface area contributed by atoms with E-state index in [-0.39, 0.29) is 5.69 Å². The van der Waals surface area contributed by atoms with Crippen molar-refractivity contribution in [2.24, 2.45) is 0 Å². The van der Waals surface area contributed by atoms with Gasteiger partial charge in [0.2, 0.25) is 0 Å². The smallest absolute Gasteiger partial charge is 0.277 e. The molecule has 0 aliphatic rings. The standard InChI is InChI=1S/C18H13ClN2O2/c19-16-10-14(12-6-2-1-3-7-12)15(11-17(16)20)13-8-4-5-9-18(13)21(22)23/h1-11H,20H2. The van der Waals surface area contributed by atoms with Crippen molar-refractivity contribution in [2.75, 3.05) is 5.73 Å². The summed E-state index contributed by atoms with van der Waals surface area (Å²) in [6.45, 7) is 0. The van der Waals surface area contributed by atoms with Crippen molar-refractivity contribution in [3.8, 4) is 22.3 Å². The molecular formula is C18H13ClN2O2. The number of nitrogens with zero attached hydrogens (tertiary/aromatic N) is 1. The minimum Gasteiger partial charge on any atom is -0.398 e. The maximum absolute atomic E-state index is 11.3. The molecule has 0 aliphatic heterocycles. The highest BCUT2D eigenvalue weighted by Crippen LogP contribution is 2.40. The summed E-state index contributed by atoms with van der Waals surface area (Å²) in [5.41, 5.74) is 9.27. The molecule has 0 unspecified atom stereocenters. The number of benzene rings is 3. The molecule has 5 heteroatoms. The molecule has 0 aromatic heterocycles. The number of hydrogen-bond acceptors (Lipinski definition) is 3. The van der Waals surface area contributed by atoms with Crippen molar-refractivity contribution in [3.63, 3.8) is 0 Å². The molecule has 0 amide bonds. The predicted molar refractivity (Wildman–Crippen MR) is 93.4 cm³/mol. The summed E-state index contributed by atoms with van der Waals surface area (Å²) in [7, 11) is 0. The van der Waals surface area contributed by atoms with Gasteiger partial charge in [-0.15, -0.1) is 0 Å². The molecule has 0 saturated carbocycles. The molecule has 0 aliphatic carbocycles. The molecule has 0 heterocycles. The molecule has 3 aromatic carbocycles. The number of halogens is 1. The molecule has 0 radical (unpaired) electrons. The second-order valence-corrected chi connectivity index (χ2v) is 5.47. The first-order valence-corrected chi connectivity index (χ1v) is 7.34. The first-order chi connectivity index (χ1) is 11.1. The number of nitro groups is 1. The van der Waals surface area contributed by atoms with Crippen LogP contribution in [0, 0.1) is 10.1 Å². The summed E-state index contributed by atoms with van der Waals surface area (Å²) in [6, 6.07) is 19.6. The Labute approximate surface area is 138 Å². The van der Waals surface area contributed by atoms with Crippen LogP contribution in [0.1, 0.15) is 0 Å². The number of anilines is 1. The quantitative estimate of drug-likeness (QED) is 0.411. The van der Waals surface area contributed by atoms with Gasteiger partial charge < -0.3 is 5.73 Å². The van der Waals surface area contributed by atoms with Crippen LogP contribution in [0.5, 0.6) is 0 Å². The first-order valence-electron chi connectivity index (χ1n) is 6.96. The Morgan fingerprint density at radius 2 is 1.52 bits per heavy atom. The van der Waals surface area contributed by atoms with Gasteiger partial charge in [0, 0.05) is 6.07 Å². The van der Waals surface area contributed by atoms with Crippen LogP contribution in [0.25, 0.3) is 22.3 Å². The fraction of sp³-hybridized carbons (Fsp3) is 0. The second-order valence-electron chi connectivity index (χ2n) is 5.06. The normalized spacial score (nSPS) is 10.5. The van der Waals surface area contributed by atoms with Crippen LogP contribution in [0.15, 0.2) is 66.7 Å². The Balaban J connectivity index is 2.32. The minimum atomic E-state index is -0.394. The molecule has 0 spiro atoms.